The lowest BCUT2D eigenvalue weighted by Crippen LogP contribution is -2.77. The van der Waals surface area contributed by atoms with Gasteiger partial charge in [0.05, 0.1) is 0 Å². The first-order valence-corrected chi connectivity index (χ1v) is 11.8. The number of fused-ring (bicyclic) bond motifs is 6. The normalized spacial score (nSPS) is 29.8. The highest BCUT2D eigenvalue weighted by molar-refractivity contribution is 7.86. The molecule has 9 heteroatoms. The second-order valence-electron chi connectivity index (χ2n) is 6.96. The molecule has 140 valence electrons. The zero-order chi connectivity index (χ0) is 18.2. The van der Waals surface area contributed by atoms with E-state index in [2.05, 4.69) is 23.1 Å². The van der Waals surface area contributed by atoms with E-state index < -0.39 is 17.5 Å². The first-order chi connectivity index (χ1) is 11.8. The molecule has 3 fully saturated rings. The molecule has 3 aliphatic heterocycles. The number of benzene rings is 1. The molecule has 25 heavy (non-hydrogen) atoms. The Balaban J connectivity index is 2.16. The molecule has 1 N–H and O–H groups in total. The topological polar surface area (TPSA) is 61.1 Å². The van der Waals surface area contributed by atoms with Gasteiger partial charge in [0.25, 0.3) is 0 Å². The number of hydrogen-bond acceptors (Lipinski definition) is 3. The summed E-state index contributed by atoms with van der Waals surface area (Å²) in [5.74, 6) is 0. The monoisotopic (exact) mass is 386 g/mol. The largest absolute Gasteiger partial charge is 0.391 e. The van der Waals surface area contributed by atoms with E-state index in [0.29, 0.717) is 4.90 Å². The summed E-state index contributed by atoms with van der Waals surface area (Å²) in [5, 5.41) is 0. The molecule has 7 nitrogen and oxygen atoms in total. The minimum absolute atomic E-state index is 0.327. The fourth-order valence-corrected chi connectivity index (χ4v) is 10.1. The van der Waals surface area contributed by atoms with Crippen LogP contribution in [0, 0.1) is 6.92 Å². The van der Waals surface area contributed by atoms with Crippen LogP contribution in [0.1, 0.15) is 5.56 Å². The molecule has 2 bridgehead atoms. The molecule has 1 aromatic rings. The molecule has 0 unspecified atom stereocenters. The van der Waals surface area contributed by atoms with Gasteiger partial charge >= 0.3 is 17.5 Å². The molecule has 3 saturated heterocycles. The van der Waals surface area contributed by atoms with E-state index in [-0.39, 0.29) is 0 Å². The van der Waals surface area contributed by atoms with E-state index in [9.17, 15) is 8.42 Å². The Morgan fingerprint density at radius 3 is 1.72 bits per heavy atom. The fraction of sp³-hybridized carbons (Fsp3) is 0.625. The number of likely N-dealkylation sites (N-methyl/N-ethyl adjacent to an activating group) is 3. The van der Waals surface area contributed by atoms with Crippen LogP contribution in [0.15, 0.2) is 29.2 Å². The Morgan fingerprint density at radius 1 is 0.840 bits per heavy atom. The van der Waals surface area contributed by atoms with Crippen molar-refractivity contribution in [3.05, 3.63) is 29.8 Å². The van der Waals surface area contributed by atoms with Gasteiger partial charge in [-0.3, -0.25) is 4.90 Å². The van der Waals surface area contributed by atoms with Crippen LogP contribution in [0.25, 0.3) is 0 Å². The van der Waals surface area contributed by atoms with Crippen LogP contribution in [-0.2, 0) is 10.0 Å². The third kappa shape index (κ3) is 3.56. The molecule has 0 aliphatic carbocycles. The van der Waals surface area contributed by atoms with E-state index in [1.54, 1.807) is 12.1 Å². The Morgan fingerprint density at radius 2 is 1.28 bits per heavy atom. The summed E-state index contributed by atoms with van der Waals surface area (Å²) < 4.78 is 36.1. The number of hydrogen-bond donors (Lipinski definition) is 1. The van der Waals surface area contributed by atoms with Gasteiger partial charge in [-0.25, -0.2) is 14.0 Å². The predicted molar refractivity (Wildman–Crippen MR) is 101 cm³/mol. The van der Waals surface area contributed by atoms with Crippen molar-refractivity contribution >= 4 is 17.5 Å². The first-order valence-electron chi connectivity index (χ1n) is 8.63. The predicted octanol–water partition coefficient (Wildman–Crippen LogP) is -0.165. The molecule has 0 radical (unpaired) electrons. The summed E-state index contributed by atoms with van der Waals surface area (Å²) in [6.45, 7) is 7.43. The van der Waals surface area contributed by atoms with Crippen molar-refractivity contribution in [2.45, 2.75) is 11.8 Å². The SMILES string of the molecule is Cc1ccc(S(=O)(=O)[NH+]=P23N(C)CCN(CCN2C)CCN3C)cc1. The van der Waals surface area contributed by atoms with Gasteiger partial charge in [0.15, 0.2) is 0 Å². The van der Waals surface area contributed by atoms with Crippen LogP contribution in [0.5, 0.6) is 0 Å². The quantitative estimate of drug-likeness (QED) is 0.713. The molecule has 0 spiro atoms. The number of nitrogens with zero attached hydrogens (tertiary/aromatic N) is 4. The second kappa shape index (κ2) is 7.10. The second-order valence-corrected chi connectivity index (χ2v) is 12.4. The van der Waals surface area contributed by atoms with Crippen molar-refractivity contribution in [3.63, 3.8) is 0 Å². The first kappa shape index (κ1) is 19.0. The van der Waals surface area contributed by atoms with Crippen molar-refractivity contribution in [1.82, 2.24) is 18.9 Å². The van der Waals surface area contributed by atoms with E-state index in [1.807, 2.05) is 40.2 Å². The van der Waals surface area contributed by atoms with E-state index in [4.69, 9.17) is 0 Å². The van der Waals surface area contributed by atoms with Crippen molar-refractivity contribution in [2.24, 2.45) is 0 Å². The van der Waals surface area contributed by atoms with Gasteiger partial charge < -0.3 is 0 Å². The van der Waals surface area contributed by atoms with Crippen molar-refractivity contribution in [3.8, 4) is 0 Å². The maximum atomic E-state index is 13.2. The van der Waals surface area contributed by atoms with Gasteiger partial charge in [-0.1, -0.05) is 17.7 Å². The summed E-state index contributed by atoms with van der Waals surface area (Å²) in [7, 11) is 0.139. The summed E-state index contributed by atoms with van der Waals surface area (Å²) in [4.78, 5) is 2.78. The standard InChI is InChI=1S/C16H28N5O2PS/c1-15-5-7-16(8-6-15)25(22,23)17-24-18(2)9-12-21(13-10-19(24)3)14-11-20(24)4/h5-8H,9-14H2,1-4H3/p+1. The number of sulfonamides is 1. The number of nitrogens with one attached hydrogen (secondary N) is 1. The molecule has 0 aromatic heterocycles. The lowest BCUT2D eigenvalue weighted by Gasteiger charge is -2.46. The average molecular weight is 386 g/mol. The van der Waals surface area contributed by atoms with Crippen LogP contribution in [0.2, 0.25) is 0 Å². The van der Waals surface area contributed by atoms with Gasteiger partial charge in [0.1, 0.15) is 4.90 Å². The van der Waals surface area contributed by atoms with Crippen LogP contribution in [0.4, 0.5) is 0 Å². The summed E-state index contributed by atoms with van der Waals surface area (Å²) in [5.41, 5.74) is 1.05. The Bertz CT molecular complexity index is 737. The zero-order valence-corrected chi connectivity index (χ0v) is 17.2. The van der Waals surface area contributed by atoms with Gasteiger partial charge in [-0.15, -0.1) is 4.15 Å². The van der Waals surface area contributed by atoms with Crippen LogP contribution in [0.3, 0.4) is 0 Å². The highest BCUT2D eigenvalue weighted by Gasteiger charge is 2.46. The minimum Gasteiger partial charge on any atom is -0.299 e. The van der Waals surface area contributed by atoms with Crippen LogP contribution >= 0.6 is 7.51 Å². The van der Waals surface area contributed by atoms with Crippen molar-refractivity contribution in [1.29, 1.82) is 0 Å². The third-order valence-corrected chi connectivity index (χ3v) is 11.5. The molecule has 0 atom stereocenters. The van der Waals surface area contributed by atoms with Crippen LogP contribution < -0.4 is 4.15 Å². The van der Waals surface area contributed by atoms with Crippen molar-refractivity contribution in [2.75, 3.05) is 60.4 Å². The van der Waals surface area contributed by atoms with Gasteiger partial charge in [-0.2, -0.15) is 8.42 Å². The highest BCUT2D eigenvalue weighted by atomic mass is 32.2. The Labute approximate surface area is 151 Å². The fourth-order valence-electron chi connectivity index (χ4n) is 3.53. The number of rotatable bonds is 2. The summed E-state index contributed by atoms with van der Waals surface area (Å²) in [6.07, 6.45) is 0. The summed E-state index contributed by atoms with van der Waals surface area (Å²) >= 11 is 0. The van der Waals surface area contributed by atoms with Gasteiger partial charge in [-0.05, 0) is 40.2 Å². The Hall–Kier alpha value is -0.760. The van der Waals surface area contributed by atoms with Gasteiger partial charge in [0.2, 0.25) is 0 Å². The molecule has 4 rings (SSSR count). The highest BCUT2D eigenvalue weighted by Crippen LogP contribution is 2.51. The minimum atomic E-state index is -3.61. The van der Waals surface area contributed by atoms with E-state index >= 15 is 0 Å². The third-order valence-electron chi connectivity index (χ3n) is 5.22. The molecular formula is C16H29N5O2PS+. The lowest BCUT2D eigenvalue weighted by molar-refractivity contribution is -0.260. The molecule has 0 amide bonds. The maximum absolute atomic E-state index is 13.2. The van der Waals surface area contributed by atoms with Crippen molar-refractivity contribution < 1.29 is 12.6 Å². The molecule has 3 heterocycles. The smallest absolute Gasteiger partial charge is 0.299 e. The maximum Gasteiger partial charge on any atom is 0.391 e. The zero-order valence-electron chi connectivity index (χ0n) is 15.5. The Kier molecular flexibility index (Phi) is 5.40. The average Bonchev–Trinajstić information content (AvgIpc) is 2.56. The van der Waals surface area contributed by atoms with Gasteiger partial charge in [0, 0.05) is 39.3 Å². The lowest BCUT2D eigenvalue weighted by atomic mass is 10.2. The van der Waals surface area contributed by atoms with Crippen LogP contribution in [-0.4, -0.2) is 87.7 Å². The number of aryl methyl sites for hydroxylation is 1. The molecular weight excluding hydrogens is 357 g/mol. The molecule has 3 aliphatic rings. The molecule has 0 saturated carbocycles. The summed E-state index contributed by atoms with van der Waals surface area (Å²) in [6, 6.07) is 7.06. The van der Waals surface area contributed by atoms with E-state index in [1.165, 1.54) is 0 Å². The molecule has 1 aromatic carbocycles. The van der Waals surface area contributed by atoms with E-state index in [0.717, 1.165) is 44.8 Å².